The third kappa shape index (κ3) is 8.74. The maximum absolute atomic E-state index is 13.3. The number of H-pyrrole nitrogens is 1. The molecule has 1 aromatic carbocycles. The Balaban J connectivity index is 2.22. The first-order valence-electron chi connectivity index (χ1n) is 12.1. The Labute approximate surface area is 219 Å². The van der Waals surface area contributed by atoms with Gasteiger partial charge in [-0.25, -0.2) is 0 Å². The van der Waals surface area contributed by atoms with E-state index in [2.05, 4.69) is 25.9 Å². The van der Waals surface area contributed by atoms with Crippen molar-refractivity contribution in [2.45, 2.75) is 63.4 Å². The number of aliphatic carboxylic acids is 1. The van der Waals surface area contributed by atoms with Crippen LogP contribution in [0.1, 0.15) is 32.3 Å². The lowest BCUT2D eigenvalue weighted by molar-refractivity contribution is -0.142. The molecule has 1 heterocycles. The van der Waals surface area contributed by atoms with Crippen LogP contribution in [0.25, 0.3) is 10.9 Å². The average molecular weight is 533 g/mol. The van der Waals surface area contributed by atoms with Gasteiger partial charge >= 0.3 is 5.97 Å². The molecule has 14 nitrogen and oxygen atoms in total. The number of carboxylic acid groups (broad SMARTS) is 1. The van der Waals surface area contributed by atoms with E-state index in [0.717, 1.165) is 16.5 Å². The molecule has 14 heteroatoms. The lowest BCUT2D eigenvalue weighted by atomic mass is 10.0. The maximum atomic E-state index is 13.3. The van der Waals surface area contributed by atoms with Gasteiger partial charge in [0.25, 0.3) is 0 Å². The molecule has 38 heavy (non-hydrogen) atoms. The van der Waals surface area contributed by atoms with Crippen LogP contribution in [0.4, 0.5) is 0 Å². The van der Waals surface area contributed by atoms with Crippen molar-refractivity contribution >= 4 is 40.6 Å². The van der Waals surface area contributed by atoms with Crippen molar-refractivity contribution in [1.82, 2.24) is 20.9 Å². The van der Waals surface area contributed by atoms with Crippen molar-refractivity contribution < 1.29 is 29.4 Å². The van der Waals surface area contributed by atoms with Crippen LogP contribution in [0, 0.1) is 0 Å². The molecule has 2 aromatic rings. The van der Waals surface area contributed by atoms with Gasteiger partial charge in [-0.2, -0.15) is 0 Å². The first-order chi connectivity index (χ1) is 17.9. The minimum absolute atomic E-state index is 0.0436. The summed E-state index contributed by atoms with van der Waals surface area (Å²) in [5.74, 6) is -3.62. The van der Waals surface area contributed by atoms with Gasteiger partial charge in [-0.1, -0.05) is 18.2 Å². The van der Waals surface area contributed by atoms with Gasteiger partial charge < -0.3 is 48.3 Å². The van der Waals surface area contributed by atoms with Crippen LogP contribution in [0.3, 0.4) is 0 Å². The van der Waals surface area contributed by atoms with Gasteiger partial charge in [-0.3, -0.25) is 24.2 Å². The second-order valence-corrected chi connectivity index (χ2v) is 8.98. The number of aromatic amines is 1. The number of aliphatic imine (C=N–C) groups is 1. The second-order valence-electron chi connectivity index (χ2n) is 8.98. The molecular formula is C24H36N8O6. The number of rotatable bonds is 14. The first kappa shape index (κ1) is 30.1. The van der Waals surface area contributed by atoms with E-state index < -0.39 is 54.0 Å². The van der Waals surface area contributed by atoms with Crippen LogP contribution in [0.2, 0.25) is 0 Å². The topological polar surface area (TPSA) is 251 Å². The number of para-hydroxylation sites is 1. The predicted molar refractivity (Wildman–Crippen MR) is 141 cm³/mol. The molecule has 0 saturated heterocycles. The molecule has 0 aliphatic rings. The Hall–Kier alpha value is -4.17. The zero-order valence-electron chi connectivity index (χ0n) is 21.3. The van der Waals surface area contributed by atoms with Crippen molar-refractivity contribution in [3.05, 3.63) is 36.0 Å². The first-order valence-corrected chi connectivity index (χ1v) is 12.1. The highest BCUT2D eigenvalue weighted by atomic mass is 16.4. The molecule has 12 N–H and O–H groups in total. The molecule has 0 saturated carbocycles. The number of benzene rings is 1. The number of fused-ring (bicyclic) bond motifs is 1. The van der Waals surface area contributed by atoms with E-state index in [4.69, 9.17) is 22.3 Å². The van der Waals surface area contributed by atoms with E-state index in [0.29, 0.717) is 6.42 Å². The Morgan fingerprint density at radius 2 is 1.71 bits per heavy atom. The molecule has 2 rings (SSSR count). The lowest BCUT2D eigenvalue weighted by Crippen LogP contribution is -2.60. The van der Waals surface area contributed by atoms with Gasteiger partial charge in [-0.05, 0) is 38.3 Å². The van der Waals surface area contributed by atoms with Crippen LogP contribution in [0.15, 0.2) is 35.5 Å². The summed E-state index contributed by atoms with van der Waals surface area (Å²) >= 11 is 0. The third-order valence-electron chi connectivity index (χ3n) is 5.83. The van der Waals surface area contributed by atoms with E-state index in [1.165, 1.54) is 13.8 Å². The van der Waals surface area contributed by atoms with Gasteiger partial charge in [0.1, 0.15) is 18.1 Å². The third-order valence-corrected chi connectivity index (χ3v) is 5.83. The van der Waals surface area contributed by atoms with Crippen LogP contribution >= 0.6 is 0 Å². The van der Waals surface area contributed by atoms with E-state index in [1.807, 2.05) is 24.3 Å². The molecule has 0 radical (unpaired) electrons. The van der Waals surface area contributed by atoms with E-state index in [-0.39, 0.29) is 25.3 Å². The summed E-state index contributed by atoms with van der Waals surface area (Å²) in [7, 11) is 0. The molecule has 3 amide bonds. The van der Waals surface area contributed by atoms with Gasteiger partial charge in [0, 0.05) is 30.1 Å². The Bertz CT molecular complexity index is 1160. The van der Waals surface area contributed by atoms with Crippen LogP contribution < -0.4 is 33.2 Å². The highest BCUT2D eigenvalue weighted by Gasteiger charge is 2.32. The molecule has 0 aliphatic carbocycles. The molecule has 5 unspecified atom stereocenters. The fourth-order valence-corrected chi connectivity index (χ4v) is 3.68. The molecule has 208 valence electrons. The SMILES string of the molecule is CC(NC(=O)C(NC(=O)C(Cc1c[nH]c2ccccc12)NC(=O)C(N)CCCN=C(N)N)C(C)O)C(=O)O. The zero-order chi connectivity index (χ0) is 28.4. The normalized spacial score (nSPS) is 14.9. The summed E-state index contributed by atoms with van der Waals surface area (Å²) in [6, 6.07) is 2.53. The van der Waals surface area contributed by atoms with Gasteiger partial charge in [0.2, 0.25) is 17.7 Å². The number of carboxylic acids is 1. The number of guanidine groups is 1. The number of hydrogen-bond acceptors (Lipinski definition) is 7. The summed E-state index contributed by atoms with van der Waals surface area (Å²) in [4.78, 5) is 56.8. The van der Waals surface area contributed by atoms with Crippen LogP contribution in [-0.4, -0.2) is 81.7 Å². The van der Waals surface area contributed by atoms with Crippen molar-refractivity contribution in [3.63, 3.8) is 0 Å². The fourth-order valence-electron chi connectivity index (χ4n) is 3.68. The largest absolute Gasteiger partial charge is 0.480 e. The molecule has 0 bridgehead atoms. The maximum Gasteiger partial charge on any atom is 0.325 e. The number of amides is 3. The summed E-state index contributed by atoms with van der Waals surface area (Å²) in [6.45, 7) is 2.80. The fraction of sp³-hybridized carbons (Fsp3) is 0.458. The number of nitrogens with two attached hydrogens (primary N) is 3. The number of aliphatic hydroxyl groups is 1. The standard InChI is InChI=1S/C24H36N8O6/c1-12(23(37)38)30-22(36)19(13(2)33)32-21(35)18(10-14-11-29-17-8-4-3-6-15(14)17)31-20(34)16(25)7-5-9-28-24(26)27/h3-4,6,8,11-13,16,18-19,29,33H,5,7,9-10,25H2,1-2H3,(H,30,36)(H,31,34)(H,32,35)(H,37,38)(H4,26,27,28). The molecule has 0 aliphatic heterocycles. The molecule has 0 fully saturated rings. The zero-order valence-corrected chi connectivity index (χ0v) is 21.3. The van der Waals surface area contributed by atoms with E-state index in [9.17, 15) is 24.3 Å². The number of aliphatic hydroxyl groups excluding tert-OH is 1. The van der Waals surface area contributed by atoms with Crippen molar-refractivity contribution in [1.29, 1.82) is 0 Å². The van der Waals surface area contributed by atoms with Crippen LogP contribution in [-0.2, 0) is 25.6 Å². The summed E-state index contributed by atoms with van der Waals surface area (Å²) < 4.78 is 0. The highest BCUT2D eigenvalue weighted by Crippen LogP contribution is 2.19. The minimum Gasteiger partial charge on any atom is -0.480 e. The molecule has 0 spiro atoms. The predicted octanol–water partition coefficient (Wildman–Crippen LogP) is -1.97. The van der Waals surface area contributed by atoms with Crippen molar-refractivity contribution in [2.24, 2.45) is 22.2 Å². The Kier molecular flexibility index (Phi) is 11.0. The monoisotopic (exact) mass is 532 g/mol. The quantitative estimate of drug-likeness (QED) is 0.0742. The smallest absolute Gasteiger partial charge is 0.325 e. The summed E-state index contributed by atoms with van der Waals surface area (Å²) in [5.41, 5.74) is 18.1. The number of nitrogens with one attached hydrogen (secondary N) is 4. The summed E-state index contributed by atoms with van der Waals surface area (Å²) in [5, 5.41) is 27.3. The number of hydrogen-bond donors (Lipinski definition) is 9. The second kappa shape index (κ2) is 13.9. The Morgan fingerprint density at radius 1 is 1.03 bits per heavy atom. The van der Waals surface area contributed by atoms with Gasteiger partial charge in [0.05, 0.1) is 12.1 Å². The number of nitrogens with zero attached hydrogens (tertiary/aromatic N) is 1. The molecule has 1 aromatic heterocycles. The van der Waals surface area contributed by atoms with E-state index >= 15 is 0 Å². The minimum atomic E-state index is -1.47. The number of aromatic nitrogens is 1. The number of carbonyl (C=O) groups is 4. The van der Waals surface area contributed by atoms with Crippen molar-refractivity contribution in [3.8, 4) is 0 Å². The van der Waals surface area contributed by atoms with Crippen molar-refractivity contribution in [2.75, 3.05) is 6.54 Å². The lowest BCUT2D eigenvalue weighted by Gasteiger charge is -2.26. The van der Waals surface area contributed by atoms with E-state index in [1.54, 1.807) is 6.20 Å². The molecular weight excluding hydrogens is 496 g/mol. The summed E-state index contributed by atoms with van der Waals surface area (Å²) in [6.07, 6.45) is 1.07. The Morgan fingerprint density at radius 3 is 2.34 bits per heavy atom. The number of carbonyl (C=O) groups excluding carboxylic acids is 3. The van der Waals surface area contributed by atoms with Gasteiger partial charge in [-0.15, -0.1) is 0 Å². The average Bonchev–Trinajstić information content (AvgIpc) is 3.26. The van der Waals surface area contributed by atoms with Crippen LogP contribution in [0.5, 0.6) is 0 Å². The highest BCUT2D eigenvalue weighted by molar-refractivity contribution is 5.95. The molecule has 5 atom stereocenters. The van der Waals surface area contributed by atoms with Gasteiger partial charge in [0.15, 0.2) is 5.96 Å².